The van der Waals surface area contributed by atoms with Crippen LogP contribution in [-0.4, -0.2) is 40.3 Å². The first-order valence-corrected chi connectivity index (χ1v) is 5.76. The number of nitro groups is 1. The van der Waals surface area contributed by atoms with E-state index >= 15 is 0 Å². The summed E-state index contributed by atoms with van der Waals surface area (Å²) in [5.74, 6) is -0.571. The standard InChI is InChI=1S/C10H11BrN2O5/c11-9-7(2-1-3-8(9)13(17)18)10(16)12-4-6(15)5-14/h1-3,6,14-15H,4-5H2,(H,12,16). The number of halogens is 1. The first-order valence-electron chi connectivity index (χ1n) is 4.97. The van der Waals surface area contributed by atoms with Gasteiger partial charge in [-0.15, -0.1) is 0 Å². The summed E-state index contributed by atoms with van der Waals surface area (Å²) in [5.41, 5.74) is -0.125. The van der Waals surface area contributed by atoms with Gasteiger partial charge in [0.15, 0.2) is 0 Å². The van der Waals surface area contributed by atoms with Crippen LogP contribution in [0.1, 0.15) is 10.4 Å². The molecule has 0 saturated heterocycles. The summed E-state index contributed by atoms with van der Waals surface area (Å²) in [7, 11) is 0. The summed E-state index contributed by atoms with van der Waals surface area (Å²) < 4.78 is 0.0750. The second-order valence-corrected chi connectivity index (χ2v) is 4.24. The Balaban J connectivity index is 2.86. The number of aliphatic hydroxyl groups excluding tert-OH is 2. The second-order valence-electron chi connectivity index (χ2n) is 3.44. The van der Waals surface area contributed by atoms with Gasteiger partial charge in [0, 0.05) is 12.6 Å². The van der Waals surface area contributed by atoms with Gasteiger partial charge in [0.05, 0.1) is 23.2 Å². The van der Waals surface area contributed by atoms with Gasteiger partial charge < -0.3 is 15.5 Å². The van der Waals surface area contributed by atoms with E-state index in [1.807, 2.05) is 0 Å². The Bertz CT molecular complexity index is 466. The number of carbonyl (C=O) groups excluding carboxylic acids is 1. The maximum atomic E-state index is 11.7. The molecule has 0 bridgehead atoms. The van der Waals surface area contributed by atoms with E-state index in [-0.39, 0.29) is 22.3 Å². The van der Waals surface area contributed by atoms with E-state index in [1.54, 1.807) is 0 Å². The Labute approximate surface area is 111 Å². The highest BCUT2D eigenvalue weighted by molar-refractivity contribution is 9.10. The number of rotatable bonds is 5. The number of nitrogens with one attached hydrogen (secondary N) is 1. The Morgan fingerprint density at radius 3 is 2.78 bits per heavy atom. The van der Waals surface area contributed by atoms with Gasteiger partial charge in [-0.05, 0) is 22.0 Å². The van der Waals surface area contributed by atoms with Crippen molar-refractivity contribution in [2.24, 2.45) is 0 Å². The third-order valence-corrected chi connectivity index (χ3v) is 2.96. The maximum absolute atomic E-state index is 11.7. The molecule has 0 radical (unpaired) electrons. The first kappa shape index (κ1) is 14.6. The molecular weight excluding hydrogens is 308 g/mol. The molecule has 98 valence electrons. The molecule has 0 aliphatic carbocycles. The molecule has 0 aliphatic rings. The topological polar surface area (TPSA) is 113 Å². The van der Waals surface area contributed by atoms with Gasteiger partial charge >= 0.3 is 0 Å². The molecule has 8 heteroatoms. The Kier molecular flexibility index (Phi) is 5.20. The molecule has 1 amide bonds. The number of amides is 1. The lowest BCUT2D eigenvalue weighted by Gasteiger charge is -2.09. The van der Waals surface area contributed by atoms with E-state index < -0.39 is 23.5 Å². The largest absolute Gasteiger partial charge is 0.394 e. The zero-order valence-corrected chi connectivity index (χ0v) is 10.8. The first-order chi connectivity index (χ1) is 8.47. The zero-order valence-electron chi connectivity index (χ0n) is 9.17. The molecule has 0 heterocycles. The normalized spacial score (nSPS) is 11.9. The SMILES string of the molecule is O=C(NCC(O)CO)c1cccc([N+](=O)[O-])c1Br. The van der Waals surface area contributed by atoms with E-state index in [1.165, 1.54) is 18.2 Å². The predicted molar refractivity (Wildman–Crippen MR) is 66.2 cm³/mol. The zero-order chi connectivity index (χ0) is 13.7. The van der Waals surface area contributed by atoms with Gasteiger partial charge in [0.1, 0.15) is 4.47 Å². The van der Waals surface area contributed by atoms with Crippen molar-refractivity contribution >= 4 is 27.5 Å². The Morgan fingerprint density at radius 1 is 1.56 bits per heavy atom. The lowest BCUT2D eigenvalue weighted by Crippen LogP contribution is -2.34. The Morgan fingerprint density at radius 2 is 2.22 bits per heavy atom. The number of carbonyl (C=O) groups is 1. The van der Waals surface area contributed by atoms with Crippen molar-refractivity contribution in [3.63, 3.8) is 0 Å². The average Bonchev–Trinajstić information content (AvgIpc) is 2.35. The molecule has 1 unspecified atom stereocenters. The molecule has 7 nitrogen and oxygen atoms in total. The number of nitrogens with zero attached hydrogens (tertiary/aromatic N) is 1. The van der Waals surface area contributed by atoms with E-state index in [9.17, 15) is 14.9 Å². The summed E-state index contributed by atoms with van der Waals surface area (Å²) in [4.78, 5) is 21.8. The van der Waals surface area contributed by atoms with Gasteiger partial charge in [0.25, 0.3) is 11.6 Å². The number of aliphatic hydroxyl groups is 2. The monoisotopic (exact) mass is 318 g/mol. The smallest absolute Gasteiger partial charge is 0.284 e. The van der Waals surface area contributed by atoms with Crippen molar-refractivity contribution in [2.45, 2.75) is 6.10 Å². The fourth-order valence-electron chi connectivity index (χ4n) is 1.21. The minimum atomic E-state index is -1.06. The van der Waals surface area contributed by atoms with Crippen LogP contribution >= 0.6 is 15.9 Å². The van der Waals surface area contributed by atoms with Crippen molar-refractivity contribution in [3.05, 3.63) is 38.3 Å². The third-order valence-electron chi connectivity index (χ3n) is 2.13. The summed E-state index contributed by atoms with van der Waals surface area (Å²) in [6.45, 7) is -0.610. The van der Waals surface area contributed by atoms with Crippen LogP contribution in [0.4, 0.5) is 5.69 Å². The van der Waals surface area contributed by atoms with Crippen LogP contribution in [0.3, 0.4) is 0 Å². The van der Waals surface area contributed by atoms with E-state index in [2.05, 4.69) is 21.2 Å². The third kappa shape index (κ3) is 3.49. The highest BCUT2D eigenvalue weighted by Gasteiger charge is 2.19. The van der Waals surface area contributed by atoms with Gasteiger partial charge in [-0.3, -0.25) is 14.9 Å². The molecule has 1 rings (SSSR count). The summed E-state index contributed by atoms with van der Waals surface area (Å²) in [6, 6.07) is 4.07. The summed E-state index contributed by atoms with van der Waals surface area (Å²) in [5, 5.41) is 30.7. The highest BCUT2D eigenvalue weighted by Crippen LogP contribution is 2.28. The lowest BCUT2D eigenvalue weighted by atomic mass is 10.2. The lowest BCUT2D eigenvalue weighted by molar-refractivity contribution is -0.385. The van der Waals surface area contributed by atoms with E-state index in [0.29, 0.717) is 0 Å². The predicted octanol–water partition coefficient (Wildman–Crippen LogP) is 0.440. The molecular formula is C10H11BrN2O5. The minimum absolute atomic E-state index is 0.0750. The van der Waals surface area contributed by atoms with Crippen LogP contribution in [0, 0.1) is 10.1 Å². The minimum Gasteiger partial charge on any atom is -0.394 e. The quantitative estimate of drug-likeness (QED) is 0.538. The fourth-order valence-corrected chi connectivity index (χ4v) is 1.80. The number of nitro benzene ring substituents is 1. The van der Waals surface area contributed by atoms with Crippen LogP contribution in [0.25, 0.3) is 0 Å². The number of hydrogen-bond acceptors (Lipinski definition) is 5. The molecule has 1 atom stereocenters. The van der Waals surface area contributed by atoms with Crippen molar-refractivity contribution in [3.8, 4) is 0 Å². The van der Waals surface area contributed by atoms with Gasteiger partial charge in [0.2, 0.25) is 0 Å². The number of benzene rings is 1. The maximum Gasteiger partial charge on any atom is 0.284 e. The van der Waals surface area contributed by atoms with Crippen LogP contribution in [0.15, 0.2) is 22.7 Å². The number of hydrogen-bond donors (Lipinski definition) is 3. The molecule has 0 saturated carbocycles. The van der Waals surface area contributed by atoms with Crippen LogP contribution in [0.5, 0.6) is 0 Å². The van der Waals surface area contributed by atoms with Crippen molar-refractivity contribution in [1.29, 1.82) is 0 Å². The molecule has 18 heavy (non-hydrogen) atoms. The highest BCUT2D eigenvalue weighted by atomic mass is 79.9. The molecule has 1 aromatic carbocycles. The van der Waals surface area contributed by atoms with Crippen molar-refractivity contribution < 1.29 is 19.9 Å². The van der Waals surface area contributed by atoms with E-state index in [4.69, 9.17) is 10.2 Å². The summed E-state index contributed by atoms with van der Waals surface area (Å²) >= 11 is 2.99. The summed E-state index contributed by atoms with van der Waals surface area (Å²) in [6.07, 6.45) is -1.06. The fraction of sp³-hybridized carbons (Fsp3) is 0.300. The second kappa shape index (κ2) is 6.43. The molecule has 0 aliphatic heterocycles. The molecule has 0 spiro atoms. The molecule has 0 fully saturated rings. The van der Waals surface area contributed by atoms with Crippen LogP contribution < -0.4 is 5.32 Å². The van der Waals surface area contributed by atoms with Gasteiger partial charge in [-0.2, -0.15) is 0 Å². The molecule has 1 aromatic rings. The molecule has 0 aromatic heterocycles. The van der Waals surface area contributed by atoms with Gasteiger partial charge in [-0.25, -0.2) is 0 Å². The van der Waals surface area contributed by atoms with E-state index in [0.717, 1.165) is 0 Å². The Hall–Kier alpha value is -1.51. The van der Waals surface area contributed by atoms with Crippen molar-refractivity contribution in [1.82, 2.24) is 5.32 Å². The van der Waals surface area contributed by atoms with Gasteiger partial charge in [-0.1, -0.05) is 6.07 Å². The molecule has 3 N–H and O–H groups in total. The van der Waals surface area contributed by atoms with Crippen LogP contribution in [-0.2, 0) is 0 Å². The average molecular weight is 319 g/mol. The van der Waals surface area contributed by atoms with Crippen LogP contribution in [0.2, 0.25) is 0 Å². The van der Waals surface area contributed by atoms with Crippen molar-refractivity contribution in [2.75, 3.05) is 13.2 Å².